The van der Waals surface area contributed by atoms with Gasteiger partial charge in [-0.3, -0.25) is 9.59 Å². The Kier molecular flexibility index (Phi) is 8.69. The highest BCUT2D eigenvalue weighted by Gasteiger charge is 2.30. The zero-order chi connectivity index (χ0) is 23.8. The molecule has 0 saturated heterocycles. The molecule has 0 fully saturated rings. The maximum absolute atomic E-state index is 14.0. The molecule has 5 nitrogen and oxygen atoms in total. The number of carbonyl (C=O) groups excluding carboxylic acids is 2. The summed E-state index contributed by atoms with van der Waals surface area (Å²) >= 11 is 12.2. The highest BCUT2D eigenvalue weighted by molar-refractivity contribution is 6.42. The Balaban J connectivity index is 1.90. The summed E-state index contributed by atoms with van der Waals surface area (Å²) in [4.78, 5) is 27.5. The van der Waals surface area contributed by atoms with Gasteiger partial charge in [-0.1, -0.05) is 71.7 Å². The monoisotopic (exact) mass is 488 g/mol. The van der Waals surface area contributed by atoms with Gasteiger partial charge in [-0.2, -0.15) is 0 Å². The normalized spacial score (nSPS) is 11.5. The number of amides is 2. The number of ether oxygens (including phenoxy) is 1. The lowest BCUT2D eigenvalue weighted by Crippen LogP contribution is -2.51. The lowest BCUT2D eigenvalue weighted by atomic mass is 10.0. The Morgan fingerprint density at radius 1 is 0.970 bits per heavy atom. The number of para-hydroxylation sites is 1. The van der Waals surface area contributed by atoms with Gasteiger partial charge in [0.2, 0.25) is 5.91 Å². The Hall–Kier alpha value is -3.09. The minimum Gasteiger partial charge on any atom is -0.481 e. The highest BCUT2D eigenvalue weighted by Crippen LogP contribution is 2.24. The van der Waals surface area contributed by atoms with Gasteiger partial charge in [0, 0.05) is 20.0 Å². The molecule has 33 heavy (non-hydrogen) atoms. The van der Waals surface area contributed by atoms with Crippen molar-refractivity contribution in [3.63, 3.8) is 0 Å². The topological polar surface area (TPSA) is 58.6 Å². The maximum Gasteiger partial charge on any atom is 0.261 e. The molecule has 0 radical (unpaired) electrons. The summed E-state index contributed by atoms with van der Waals surface area (Å²) in [5, 5.41) is 3.35. The molecule has 3 aromatic carbocycles. The van der Waals surface area contributed by atoms with E-state index in [0.29, 0.717) is 15.6 Å². The summed E-state index contributed by atoms with van der Waals surface area (Å²) in [5.74, 6) is -1.43. The number of nitrogens with one attached hydrogen (secondary N) is 1. The van der Waals surface area contributed by atoms with E-state index < -0.39 is 24.4 Å². The SMILES string of the molecule is CNC(=O)[C@@H](Cc1ccccc1)N(Cc1ccc(Cl)c(Cl)c1)C(=O)COc1ccccc1F. The number of hydrogen-bond acceptors (Lipinski definition) is 3. The lowest BCUT2D eigenvalue weighted by Gasteiger charge is -2.31. The zero-order valence-electron chi connectivity index (χ0n) is 17.9. The number of rotatable bonds is 9. The van der Waals surface area contributed by atoms with Gasteiger partial charge in [0.25, 0.3) is 5.91 Å². The van der Waals surface area contributed by atoms with E-state index in [9.17, 15) is 14.0 Å². The molecule has 172 valence electrons. The van der Waals surface area contributed by atoms with Crippen LogP contribution in [0.25, 0.3) is 0 Å². The van der Waals surface area contributed by atoms with E-state index in [-0.39, 0.29) is 24.6 Å². The predicted octanol–water partition coefficient (Wildman–Crippen LogP) is 4.90. The van der Waals surface area contributed by atoms with Crippen LogP contribution < -0.4 is 10.1 Å². The molecule has 3 aromatic rings. The third-order valence-corrected chi connectivity index (χ3v) is 5.78. The molecule has 0 aliphatic rings. The average molecular weight is 489 g/mol. The quantitative estimate of drug-likeness (QED) is 0.466. The van der Waals surface area contributed by atoms with Gasteiger partial charge in [-0.05, 0) is 35.4 Å². The van der Waals surface area contributed by atoms with Crippen LogP contribution in [-0.4, -0.2) is 36.4 Å². The fraction of sp³-hybridized carbons (Fsp3) is 0.200. The van der Waals surface area contributed by atoms with E-state index in [1.165, 1.54) is 30.1 Å². The third kappa shape index (κ3) is 6.70. The van der Waals surface area contributed by atoms with Crippen molar-refractivity contribution < 1.29 is 18.7 Å². The molecule has 0 aromatic heterocycles. The molecule has 0 bridgehead atoms. The fourth-order valence-electron chi connectivity index (χ4n) is 3.34. The Morgan fingerprint density at radius 3 is 2.33 bits per heavy atom. The number of hydrogen-bond donors (Lipinski definition) is 1. The summed E-state index contributed by atoms with van der Waals surface area (Å²) in [6.07, 6.45) is 0.285. The van der Waals surface area contributed by atoms with Crippen molar-refractivity contribution in [3.8, 4) is 5.75 Å². The van der Waals surface area contributed by atoms with E-state index in [1.54, 1.807) is 24.3 Å². The van der Waals surface area contributed by atoms with Crippen LogP contribution in [0.3, 0.4) is 0 Å². The summed E-state index contributed by atoms with van der Waals surface area (Å²) < 4.78 is 19.4. The van der Waals surface area contributed by atoms with E-state index in [2.05, 4.69) is 5.32 Å². The first-order valence-corrected chi connectivity index (χ1v) is 11.0. The van der Waals surface area contributed by atoms with E-state index in [0.717, 1.165) is 5.56 Å². The second kappa shape index (κ2) is 11.7. The number of likely N-dealkylation sites (N-methyl/N-ethyl adjacent to an activating group) is 1. The molecule has 3 rings (SSSR count). The van der Waals surface area contributed by atoms with Crippen LogP contribution in [0, 0.1) is 5.82 Å². The molecular weight excluding hydrogens is 466 g/mol. The van der Waals surface area contributed by atoms with E-state index in [1.807, 2.05) is 30.3 Å². The van der Waals surface area contributed by atoms with Gasteiger partial charge in [0.15, 0.2) is 18.2 Å². The van der Waals surface area contributed by atoms with Gasteiger partial charge in [0.05, 0.1) is 10.0 Å². The van der Waals surface area contributed by atoms with Gasteiger partial charge < -0.3 is 15.0 Å². The highest BCUT2D eigenvalue weighted by atomic mass is 35.5. The Morgan fingerprint density at radius 2 is 1.67 bits per heavy atom. The molecule has 1 N–H and O–H groups in total. The van der Waals surface area contributed by atoms with Gasteiger partial charge in [0.1, 0.15) is 6.04 Å². The van der Waals surface area contributed by atoms with E-state index in [4.69, 9.17) is 27.9 Å². The molecule has 0 spiro atoms. The molecule has 0 heterocycles. The molecule has 0 aliphatic carbocycles. The van der Waals surface area contributed by atoms with Crippen LogP contribution in [0.4, 0.5) is 4.39 Å². The second-order valence-electron chi connectivity index (χ2n) is 7.31. The Bertz CT molecular complexity index is 1110. The summed E-state index contributed by atoms with van der Waals surface area (Å²) in [6.45, 7) is -0.355. The second-order valence-corrected chi connectivity index (χ2v) is 8.12. The number of nitrogens with zero attached hydrogens (tertiary/aromatic N) is 1. The first-order chi connectivity index (χ1) is 15.9. The number of halogens is 3. The molecule has 0 aliphatic heterocycles. The average Bonchev–Trinajstić information content (AvgIpc) is 2.83. The van der Waals surface area contributed by atoms with Crippen molar-refractivity contribution in [1.29, 1.82) is 0 Å². The summed E-state index contributed by atoms with van der Waals surface area (Å²) in [7, 11) is 1.51. The maximum atomic E-state index is 14.0. The van der Waals surface area contributed by atoms with Crippen LogP contribution in [-0.2, 0) is 22.6 Å². The third-order valence-electron chi connectivity index (χ3n) is 5.04. The predicted molar refractivity (Wildman–Crippen MR) is 127 cm³/mol. The van der Waals surface area contributed by atoms with Crippen molar-refractivity contribution in [3.05, 3.63) is 99.8 Å². The molecular formula is C25H23Cl2FN2O3. The van der Waals surface area contributed by atoms with Gasteiger partial charge >= 0.3 is 0 Å². The first kappa shape index (κ1) is 24.6. The molecule has 0 saturated carbocycles. The number of carbonyl (C=O) groups is 2. The van der Waals surface area contributed by atoms with Crippen molar-refractivity contribution in [2.75, 3.05) is 13.7 Å². The number of benzene rings is 3. The molecule has 8 heteroatoms. The van der Waals surface area contributed by atoms with Crippen molar-refractivity contribution in [2.45, 2.75) is 19.0 Å². The molecule has 1 atom stereocenters. The van der Waals surface area contributed by atoms with Gasteiger partial charge in [-0.25, -0.2) is 4.39 Å². The van der Waals surface area contributed by atoms with Crippen LogP contribution in [0.5, 0.6) is 5.75 Å². The largest absolute Gasteiger partial charge is 0.481 e. The smallest absolute Gasteiger partial charge is 0.261 e. The fourth-order valence-corrected chi connectivity index (χ4v) is 3.66. The zero-order valence-corrected chi connectivity index (χ0v) is 19.4. The van der Waals surface area contributed by atoms with E-state index >= 15 is 0 Å². The van der Waals surface area contributed by atoms with Crippen molar-refractivity contribution in [1.82, 2.24) is 10.2 Å². The van der Waals surface area contributed by atoms with Crippen LogP contribution in [0.1, 0.15) is 11.1 Å². The van der Waals surface area contributed by atoms with Crippen LogP contribution in [0.15, 0.2) is 72.8 Å². The molecule has 0 unspecified atom stereocenters. The minimum absolute atomic E-state index is 0.0418. The molecule has 2 amide bonds. The van der Waals surface area contributed by atoms with Crippen LogP contribution in [0.2, 0.25) is 10.0 Å². The first-order valence-electron chi connectivity index (χ1n) is 10.2. The lowest BCUT2D eigenvalue weighted by molar-refractivity contribution is -0.142. The summed E-state index contributed by atoms with van der Waals surface area (Å²) in [5.41, 5.74) is 1.57. The minimum atomic E-state index is -0.830. The van der Waals surface area contributed by atoms with Crippen molar-refractivity contribution in [2.24, 2.45) is 0 Å². The summed E-state index contributed by atoms with van der Waals surface area (Å²) in [6, 6.07) is 19.4. The van der Waals surface area contributed by atoms with Crippen molar-refractivity contribution >= 4 is 35.0 Å². The van der Waals surface area contributed by atoms with Crippen LogP contribution >= 0.6 is 23.2 Å². The standard InChI is InChI=1S/C25H23Cl2FN2O3/c1-29-25(32)22(14-17-7-3-2-4-8-17)30(15-18-11-12-19(26)20(27)13-18)24(31)16-33-23-10-6-5-9-21(23)28/h2-13,22H,14-16H2,1H3,(H,29,32)/t22-/m1/s1. The Labute approximate surface area is 202 Å². The van der Waals surface area contributed by atoms with Gasteiger partial charge in [-0.15, -0.1) is 0 Å².